The van der Waals surface area contributed by atoms with Crippen LogP contribution in [0.5, 0.6) is 0 Å². The number of anilines is 1. The molecule has 2 heterocycles. The fraction of sp³-hybridized carbons (Fsp3) is 0.176. The summed E-state index contributed by atoms with van der Waals surface area (Å²) in [5, 5.41) is 7.98. The van der Waals surface area contributed by atoms with E-state index in [1.165, 1.54) is 11.3 Å². The fourth-order valence-corrected chi connectivity index (χ4v) is 4.38. The highest BCUT2D eigenvalue weighted by molar-refractivity contribution is 7.99. The van der Waals surface area contributed by atoms with Gasteiger partial charge in [-0.05, 0) is 29.6 Å². The maximum absolute atomic E-state index is 12.4. The van der Waals surface area contributed by atoms with Crippen molar-refractivity contribution in [2.24, 2.45) is 0 Å². The number of thiazole rings is 1. The zero-order valence-corrected chi connectivity index (χ0v) is 15.2. The monoisotopic (exact) mass is 360 g/mol. The number of aromatic nitrogens is 1. The Morgan fingerprint density at radius 2 is 2.09 bits per heavy atom. The van der Waals surface area contributed by atoms with Crippen LogP contribution in [0.4, 0.5) is 5.13 Å². The SMILES string of the molecule is CC(C)Sc1cccc(C(=O)Nc2nc(-c3cccs3)cs2)c1. The van der Waals surface area contributed by atoms with Crippen LogP contribution >= 0.6 is 34.4 Å². The van der Waals surface area contributed by atoms with Gasteiger partial charge in [-0.1, -0.05) is 26.0 Å². The molecule has 0 bridgehead atoms. The Kier molecular flexibility index (Phi) is 5.15. The number of thiophene rings is 1. The number of rotatable bonds is 5. The molecule has 1 aromatic carbocycles. The van der Waals surface area contributed by atoms with Crippen molar-refractivity contribution in [3.8, 4) is 10.6 Å². The number of hydrogen-bond acceptors (Lipinski definition) is 5. The molecule has 3 rings (SSSR count). The lowest BCUT2D eigenvalue weighted by Crippen LogP contribution is -2.11. The van der Waals surface area contributed by atoms with E-state index in [1.54, 1.807) is 23.1 Å². The van der Waals surface area contributed by atoms with Gasteiger partial charge in [-0.3, -0.25) is 10.1 Å². The number of amides is 1. The van der Waals surface area contributed by atoms with Gasteiger partial charge in [-0.15, -0.1) is 34.4 Å². The lowest BCUT2D eigenvalue weighted by atomic mass is 10.2. The number of benzene rings is 1. The first kappa shape index (κ1) is 16.2. The second kappa shape index (κ2) is 7.29. The lowest BCUT2D eigenvalue weighted by Gasteiger charge is -2.07. The Balaban J connectivity index is 1.72. The van der Waals surface area contributed by atoms with E-state index in [4.69, 9.17) is 0 Å². The van der Waals surface area contributed by atoms with Crippen LogP contribution in [0.3, 0.4) is 0 Å². The first-order chi connectivity index (χ1) is 11.1. The summed E-state index contributed by atoms with van der Waals surface area (Å²) in [7, 11) is 0. The van der Waals surface area contributed by atoms with Crippen LogP contribution in [-0.2, 0) is 0 Å². The topological polar surface area (TPSA) is 42.0 Å². The Labute approximate surface area is 147 Å². The molecule has 0 unspecified atom stereocenters. The molecule has 118 valence electrons. The van der Waals surface area contributed by atoms with Crippen molar-refractivity contribution in [1.29, 1.82) is 0 Å². The van der Waals surface area contributed by atoms with E-state index >= 15 is 0 Å². The van der Waals surface area contributed by atoms with Gasteiger partial charge in [0.05, 0.1) is 10.6 Å². The third kappa shape index (κ3) is 4.22. The largest absolute Gasteiger partial charge is 0.298 e. The van der Waals surface area contributed by atoms with Crippen LogP contribution in [0.1, 0.15) is 24.2 Å². The smallest absolute Gasteiger partial charge is 0.257 e. The summed E-state index contributed by atoms with van der Waals surface area (Å²) < 4.78 is 0. The summed E-state index contributed by atoms with van der Waals surface area (Å²) in [4.78, 5) is 19.1. The van der Waals surface area contributed by atoms with E-state index in [2.05, 4.69) is 24.1 Å². The molecule has 0 aliphatic carbocycles. The van der Waals surface area contributed by atoms with Gasteiger partial charge < -0.3 is 0 Å². The molecule has 0 aliphatic heterocycles. The first-order valence-electron chi connectivity index (χ1n) is 7.19. The second-order valence-corrected chi connectivity index (χ2v) is 8.62. The number of thioether (sulfide) groups is 1. The molecular formula is C17H16N2OS3. The molecule has 1 N–H and O–H groups in total. The predicted octanol–water partition coefficient (Wildman–Crippen LogP) is 5.62. The Hall–Kier alpha value is -1.63. The summed E-state index contributed by atoms with van der Waals surface area (Å²) in [6.07, 6.45) is 0. The summed E-state index contributed by atoms with van der Waals surface area (Å²) in [5.74, 6) is -0.122. The molecule has 2 aromatic heterocycles. The molecule has 3 nitrogen and oxygen atoms in total. The van der Waals surface area contributed by atoms with Crippen molar-refractivity contribution in [3.05, 3.63) is 52.7 Å². The van der Waals surface area contributed by atoms with Crippen LogP contribution in [0.25, 0.3) is 10.6 Å². The number of nitrogens with one attached hydrogen (secondary N) is 1. The average Bonchev–Trinajstić information content (AvgIpc) is 3.17. The number of hydrogen-bond donors (Lipinski definition) is 1. The number of carbonyl (C=O) groups excluding carboxylic acids is 1. The quantitative estimate of drug-likeness (QED) is 0.600. The summed E-state index contributed by atoms with van der Waals surface area (Å²) >= 11 is 4.83. The third-order valence-electron chi connectivity index (χ3n) is 2.97. The number of nitrogens with zero attached hydrogens (tertiary/aromatic N) is 1. The fourth-order valence-electron chi connectivity index (χ4n) is 2.02. The molecule has 0 spiro atoms. The Morgan fingerprint density at radius 1 is 1.22 bits per heavy atom. The van der Waals surface area contributed by atoms with Crippen LogP contribution < -0.4 is 5.32 Å². The molecule has 6 heteroatoms. The van der Waals surface area contributed by atoms with Gasteiger partial charge in [-0.25, -0.2) is 4.98 Å². The van der Waals surface area contributed by atoms with E-state index in [9.17, 15) is 4.79 Å². The van der Waals surface area contributed by atoms with E-state index < -0.39 is 0 Å². The van der Waals surface area contributed by atoms with E-state index in [0.717, 1.165) is 15.5 Å². The highest BCUT2D eigenvalue weighted by Gasteiger charge is 2.11. The third-order valence-corrected chi connectivity index (χ3v) is 5.61. The molecule has 0 aliphatic rings. The lowest BCUT2D eigenvalue weighted by molar-refractivity contribution is 0.102. The minimum atomic E-state index is -0.122. The summed E-state index contributed by atoms with van der Waals surface area (Å²) in [6.45, 7) is 4.28. The van der Waals surface area contributed by atoms with E-state index in [1.807, 2.05) is 47.2 Å². The van der Waals surface area contributed by atoms with Gasteiger partial charge in [0, 0.05) is 21.1 Å². The molecule has 1 amide bonds. The zero-order chi connectivity index (χ0) is 16.2. The van der Waals surface area contributed by atoms with Gasteiger partial charge in [0.25, 0.3) is 5.91 Å². The van der Waals surface area contributed by atoms with Crippen molar-refractivity contribution >= 4 is 45.5 Å². The standard InChI is InChI=1S/C17H16N2OS3/c1-11(2)23-13-6-3-5-12(9-13)16(20)19-17-18-14(10-22-17)15-7-4-8-21-15/h3-11H,1-2H3,(H,18,19,20). The second-order valence-electron chi connectivity index (χ2n) is 5.16. The molecule has 23 heavy (non-hydrogen) atoms. The van der Waals surface area contributed by atoms with E-state index in [0.29, 0.717) is 15.9 Å². The minimum Gasteiger partial charge on any atom is -0.298 e. The summed E-state index contributed by atoms with van der Waals surface area (Å²) in [5.41, 5.74) is 1.56. The molecule has 0 radical (unpaired) electrons. The molecular weight excluding hydrogens is 344 g/mol. The Morgan fingerprint density at radius 3 is 2.83 bits per heavy atom. The highest BCUT2D eigenvalue weighted by atomic mass is 32.2. The van der Waals surface area contributed by atoms with E-state index in [-0.39, 0.29) is 5.91 Å². The van der Waals surface area contributed by atoms with Crippen LogP contribution in [0, 0.1) is 0 Å². The molecule has 0 saturated heterocycles. The normalized spacial score (nSPS) is 10.9. The van der Waals surface area contributed by atoms with Crippen molar-refractivity contribution in [2.45, 2.75) is 24.0 Å². The Bertz CT molecular complexity index is 794. The average molecular weight is 361 g/mol. The van der Waals surface area contributed by atoms with Gasteiger partial charge in [0.15, 0.2) is 5.13 Å². The van der Waals surface area contributed by atoms with Crippen molar-refractivity contribution < 1.29 is 4.79 Å². The molecule has 0 atom stereocenters. The van der Waals surface area contributed by atoms with Crippen molar-refractivity contribution in [2.75, 3.05) is 5.32 Å². The predicted molar refractivity (Wildman–Crippen MR) is 101 cm³/mol. The van der Waals surface area contributed by atoms with Crippen LogP contribution in [-0.4, -0.2) is 16.1 Å². The molecule has 0 saturated carbocycles. The zero-order valence-electron chi connectivity index (χ0n) is 12.8. The maximum atomic E-state index is 12.4. The highest BCUT2D eigenvalue weighted by Crippen LogP contribution is 2.29. The van der Waals surface area contributed by atoms with Gasteiger partial charge in [-0.2, -0.15) is 0 Å². The van der Waals surface area contributed by atoms with Gasteiger partial charge in [0.2, 0.25) is 0 Å². The summed E-state index contributed by atoms with van der Waals surface area (Å²) in [6, 6.07) is 11.7. The van der Waals surface area contributed by atoms with Crippen LogP contribution in [0.2, 0.25) is 0 Å². The first-order valence-corrected chi connectivity index (χ1v) is 9.83. The molecule has 3 aromatic rings. The maximum Gasteiger partial charge on any atom is 0.257 e. The minimum absolute atomic E-state index is 0.122. The van der Waals surface area contributed by atoms with Crippen molar-refractivity contribution in [1.82, 2.24) is 4.98 Å². The number of carbonyl (C=O) groups is 1. The van der Waals surface area contributed by atoms with Gasteiger partial charge in [0.1, 0.15) is 0 Å². The van der Waals surface area contributed by atoms with Crippen LogP contribution in [0.15, 0.2) is 52.1 Å². The molecule has 0 fully saturated rings. The van der Waals surface area contributed by atoms with Crippen molar-refractivity contribution in [3.63, 3.8) is 0 Å². The van der Waals surface area contributed by atoms with Gasteiger partial charge >= 0.3 is 0 Å².